The van der Waals surface area contributed by atoms with Gasteiger partial charge in [0.1, 0.15) is 18.8 Å². The minimum Gasteiger partial charge on any atom is -0.466 e. The summed E-state index contributed by atoms with van der Waals surface area (Å²) in [5, 5.41) is 0. The summed E-state index contributed by atoms with van der Waals surface area (Å²) in [5.41, 5.74) is 1.21. The van der Waals surface area contributed by atoms with Gasteiger partial charge in [0.15, 0.2) is 5.76 Å². The number of hydrogen-bond acceptors (Lipinski definition) is 3. The van der Waals surface area contributed by atoms with E-state index in [1.54, 1.807) is 0 Å². The van der Waals surface area contributed by atoms with Crippen molar-refractivity contribution in [2.24, 2.45) is 0 Å². The zero-order valence-electron chi connectivity index (χ0n) is 9.74. The minimum absolute atomic E-state index is 0.376. The van der Waals surface area contributed by atoms with E-state index in [4.69, 9.17) is 14.0 Å². The molecule has 0 aromatic carbocycles. The second kappa shape index (κ2) is 6.53. The van der Waals surface area contributed by atoms with Crippen LogP contribution in [0.5, 0.6) is 0 Å². The van der Waals surface area contributed by atoms with Gasteiger partial charge < -0.3 is 9.47 Å². The molecule has 1 heterocycles. The Labute approximate surface area is 108 Å². The van der Waals surface area contributed by atoms with E-state index in [1.807, 2.05) is 12.2 Å². The van der Waals surface area contributed by atoms with Crippen LogP contribution in [0.25, 0.3) is 0 Å². The maximum atomic E-state index is 10.9. The van der Waals surface area contributed by atoms with Gasteiger partial charge in [0.2, 0.25) is 11.3 Å². The van der Waals surface area contributed by atoms with Crippen LogP contribution in [-0.4, -0.2) is 14.8 Å². The summed E-state index contributed by atoms with van der Waals surface area (Å²) in [6.45, 7) is 0. The highest BCUT2D eigenvalue weighted by molar-refractivity contribution is 7.77. The van der Waals surface area contributed by atoms with Crippen LogP contribution in [0.15, 0.2) is 48.3 Å². The predicted octanol–water partition coefficient (Wildman–Crippen LogP) is 2.11. The van der Waals surface area contributed by atoms with Crippen LogP contribution in [0.3, 0.4) is 0 Å². The molecule has 2 N–H and O–H groups in total. The van der Waals surface area contributed by atoms with Gasteiger partial charge in [0.05, 0.1) is 6.04 Å². The topological polar surface area (TPSA) is 67.8 Å². The molecule has 1 aliphatic heterocycles. The highest BCUT2D eigenvalue weighted by atomic mass is 32.2. The molecule has 2 aliphatic rings. The Balaban J connectivity index is 2.04. The van der Waals surface area contributed by atoms with Crippen LogP contribution in [0, 0.1) is 0 Å². The van der Waals surface area contributed by atoms with Crippen LogP contribution in [0.2, 0.25) is 0 Å². The van der Waals surface area contributed by atoms with Crippen LogP contribution in [-0.2, 0) is 20.7 Å². The van der Waals surface area contributed by atoms with Crippen molar-refractivity contribution in [3.63, 3.8) is 0 Å². The Hall–Kier alpha value is -1.37. The van der Waals surface area contributed by atoms with E-state index < -0.39 is 11.3 Å². The van der Waals surface area contributed by atoms with E-state index in [9.17, 15) is 4.21 Å². The smallest absolute Gasteiger partial charge is 0.232 e. The molecule has 0 bridgehead atoms. The van der Waals surface area contributed by atoms with Crippen molar-refractivity contribution >= 4 is 11.3 Å². The summed E-state index contributed by atoms with van der Waals surface area (Å²) in [6, 6.07) is -0.376. The molecule has 1 aliphatic carbocycles. The Kier molecular flexibility index (Phi) is 4.74. The van der Waals surface area contributed by atoms with Crippen molar-refractivity contribution in [1.29, 1.82) is 0 Å². The average molecular weight is 269 g/mol. The summed E-state index contributed by atoms with van der Waals surface area (Å²) in [7, 11) is 0. The third-order valence-electron chi connectivity index (χ3n) is 2.68. The lowest BCUT2D eigenvalue weighted by Crippen LogP contribution is -2.33. The molecule has 0 aromatic rings. The lowest BCUT2D eigenvalue weighted by atomic mass is 9.98. The predicted molar refractivity (Wildman–Crippen MR) is 68.2 cm³/mol. The molecule has 0 radical (unpaired) electrons. The Morgan fingerprint density at radius 1 is 1.50 bits per heavy atom. The van der Waals surface area contributed by atoms with Crippen LogP contribution in [0.4, 0.5) is 0 Å². The molecule has 5 nitrogen and oxygen atoms in total. The molecule has 0 fully saturated rings. The number of ether oxygens (including phenoxy) is 2. The van der Waals surface area contributed by atoms with Crippen LogP contribution >= 0.6 is 0 Å². The molecule has 2 atom stereocenters. The standard InChI is InChI=1S/C12H15NO4S/c14-18(15)13-11(12-9-16-6-7-17-12)8-10-4-2-1-3-5-10/h1-2,4,6-7,9,11,13H,3,5,8H2,(H,14,15). The molecule has 98 valence electrons. The lowest BCUT2D eigenvalue weighted by Gasteiger charge is -2.21. The average Bonchev–Trinajstić information content (AvgIpc) is 2.40. The molecule has 2 unspecified atom stereocenters. The van der Waals surface area contributed by atoms with Gasteiger partial charge in [-0.25, -0.2) is 8.93 Å². The third-order valence-corrected chi connectivity index (χ3v) is 3.16. The third kappa shape index (κ3) is 3.83. The zero-order chi connectivity index (χ0) is 12.8. The molecule has 0 saturated heterocycles. The quantitative estimate of drug-likeness (QED) is 0.750. The Bertz CT molecular complexity index is 439. The highest BCUT2D eigenvalue weighted by Gasteiger charge is 2.21. The fraction of sp³-hybridized carbons (Fsp3) is 0.333. The van der Waals surface area contributed by atoms with Crippen molar-refractivity contribution in [1.82, 2.24) is 4.72 Å². The molecule has 6 heteroatoms. The van der Waals surface area contributed by atoms with Crippen LogP contribution in [0.1, 0.15) is 19.3 Å². The van der Waals surface area contributed by atoms with Crippen molar-refractivity contribution < 1.29 is 18.2 Å². The molecule has 0 saturated carbocycles. The van der Waals surface area contributed by atoms with Crippen molar-refractivity contribution in [3.8, 4) is 0 Å². The Morgan fingerprint density at radius 2 is 2.39 bits per heavy atom. The largest absolute Gasteiger partial charge is 0.466 e. The van der Waals surface area contributed by atoms with Gasteiger partial charge in [-0.2, -0.15) is 0 Å². The first-order chi connectivity index (χ1) is 8.75. The molecular weight excluding hydrogens is 254 g/mol. The van der Waals surface area contributed by atoms with Gasteiger partial charge in [-0.15, -0.1) is 0 Å². The molecule has 0 spiro atoms. The number of hydrogen-bond donors (Lipinski definition) is 2. The first-order valence-corrected chi connectivity index (χ1v) is 6.75. The lowest BCUT2D eigenvalue weighted by molar-refractivity contribution is 0.232. The van der Waals surface area contributed by atoms with Gasteiger partial charge in [0, 0.05) is 0 Å². The monoisotopic (exact) mass is 269 g/mol. The SMILES string of the molecule is O=S(O)NC(CC1=CC=CCC1)C1=COC=CO1. The fourth-order valence-electron chi connectivity index (χ4n) is 1.84. The zero-order valence-corrected chi connectivity index (χ0v) is 10.6. The first kappa shape index (κ1) is 13.1. The van der Waals surface area contributed by atoms with E-state index in [1.165, 1.54) is 24.4 Å². The summed E-state index contributed by atoms with van der Waals surface area (Å²) in [5.74, 6) is 0.496. The summed E-state index contributed by atoms with van der Waals surface area (Å²) in [4.78, 5) is 0. The molecular formula is C12H15NO4S. The van der Waals surface area contributed by atoms with Gasteiger partial charge in [0.25, 0.3) is 0 Å². The second-order valence-electron chi connectivity index (χ2n) is 3.96. The van der Waals surface area contributed by atoms with Gasteiger partial charge in [-0.3, -0.25) is 4.55 Å². The highest BCUT2D eigenvalue weighted by Crippen LogP contribution is 2.22. The maximum absolute atomic E-state index is 10.9. The van der Waals surface area contributed by atoms with Gasteiger partial charge >= 0.3 is 0 Å². The van der Waals surface area contributed by atoms with Crippen molar-refractivity contribution in [2.75, 3.05) is 0 Å². The van der Waals surface area contributed by atoms with E-state index in [0.29, 0.717) is 12.2 Å². The maximum Gasteiger partial charge on any atom is 0.232 e. The summed E-state index contributed by atoms with van der Waals surface area (Å²) in [6.07, 6.45) is 12.9. The number of rotatable bonds is 5. The van der Waals surface area contributed by atoms with Gasteiger partial charge in [-0.1, -0.05) is 23.8 Å². The minimum atomic E-state index is -2.10. The van der Waals surface area contributed by atoms with Crippen molar-refractivity contribution in [3.05, 3.63) is 48.3 Å². The fourth-order valence-corrected chi connectivity index (χ4v) is 2.29. The number of nitrogens with one attached hydrogen (secondary N) is 1. The van der Waals surface area contributed by atoms with Gasteiger partial charge in [-0.05, 0) is 19.3 Å². The summed E-state index contributed by atoms with van der Waals surface area (Å²) >= 11 is -2.10. The van der Waals surface area contributed by atoms with E-state index in [0.717, 1.165) is 12.8 Å². The molecule has 2 rings (SSSR count). The second-order valence-corrected chi connectivity index (χ2v) is 4.70. The first-order valence-electron chi connectivity index (χ1n) is 5.64. The van der Waals surface area contributed by atoms with E-state index in [-0.39, 0.29) is 6.04 Å². The molecule has 0 amide bonds. The van der Waals surface area contributed by atoms with E-state index >= 15 is 0 Å². The number of allylic oxidation sites excluding steroid dienone is 3. The normalized spacial score (nSPS) is 21.4. The molecule has 18 heavy (non-hydrogen) atoms. The molecule has 0 aromatic heterocycles. The Morgan fingerprint density at radius 3 is 3.00 bits per heavy atom. The van der Waals surface area contributed by atoms with E-state index in [2.05, 4.69) is 10.8 Å². The van der Waals surface area contributed by atoms with Crippen molar-refractivity contribution in [2.45, 2.75) is 25.3 Å². The van der Waals surface area contributed by atoms with Crippen LogP contribution < -0.4 is 4.72 Å². The summed E-state index contributed by atoms with van der Waals surface area (Å²) < 4.78 is 32.7.